The van der Waals surface area contributed by atoms with Gasteiger partial charge in [-0.2, -0.15) is 0 Å². The van der Waals surface area contributed by atoms with Crippen LogP contribution in [0.1, 0.15) is 17.2 Å². The van der Waals surface area contributed by atoms with Crippen LogP contribution in [0.5, 0.6) is 0 Å². The van der Waals surface area contributed by atoms with Crippen LogP contribution in [0.3, 0.4) is 0 Å². The molecule has 1 atom stereocenters. The minimum absolute atomic E-state index is 0.302. The van der Waals surface area contributed by atoms with Crippen molar-refractivity contribution in [1.82, 2.24) is 4.98 Å². The highest BCUT2D eigenvalue weighted by Crippen LogP contribution is 2.31. The third kappa shape index (κ3) is 3.93. The van der Waals surface area contributed by atoms with Gasteiger partial charge in [-0.15, -0.1) is 0 Å². The Labute approximate surface area is 149 Å². The van der Waals surface area contributed by atoms with E-state index in [2.05, 4.69) is 4.98 Å². The SMILES string of the molecule is OC(Cc1ccc(F)cc1)c1cccnc1-c1cc(Cl)cc(Cl)c1. The Hall–Kier alpha value is -1.94. The van der Waals surface area contributed by atoms with Gasteiger partial charge in [-0.3, -0.25) is 4.98 Å². The van der Waals surface area contributed by atoms with Gasteiger partial charge in [0.15, 0.2) is 0 Å². The molecule has 5 heteroatoms. The number of rotatable bonds is 4. The number of aromatic nitrogens is 1. The number of benzene rings is 2. The van der Waals surface area contributed by atoms with Crippen LogP contribution in [0.4, 0.5) is 4.39 Å². The maximum Gasteiger partial charge on any atom is 0.123 e. The highest BCUT2D eigenvalue weighted by atomic mass is 35.5. The summed E-state index contributed by atoms with van der Waals surface area (Å²) in [5.41, 5.74) is 2.86. The van der Waals surface area contributed by atoms with Crippen molar-refractivity contribution in [1.29, 1.82) is 0 Å². The van der Waals surface area contributed by atoms with Gasteiger partial charge in [0, 0.05) is 33.8 Å². The molecule has 0 fully saturated rings. The summed E-state index contributed by atoms with van der Waals surface area (Å²) in [5.74, 6) is -0.302. The molecule has 0 aliphatic rings. The molecule has 0 saturated carbocycles. The van der Waals surface area contributed by atoms with E-state index in [0.717, 1.165) is 11.1 Å². The number of pyridine rings is 1. The fourth-order valence-corrected chi connectivity index (χ4v) is 3.10. The number of aliphatic hydroxyl groups is 1. The summed E-state index contributed by atoms with van der Waals surface area (Å²) in [7, 11) is 0. The van der Waals surface area contributed by atoms with Crippen molar-refractivity contribution in [3.05, 3.63) is 87.8 Å². The summed E-state index contributed by atoms with van der Waals surface area (Å²) in [4.78, 5) is 4.37. The molecule has 0 amide bonds. The second kappa shape index (κ2) is 7.31. The minimum atomic E-state index is -0.781. The third-order valence-corrected chi connectivity index (χ3v) is 4.11. The first kappa shape index (κ1) is 16.9. The molecule has 1 aromatic heterocycles. The van der Waals surface area contributed by atoms with Crippen LogP contribution in [0.2, 0.25) is 10.0 Å². The molecular weight excluding hydrogens is 348 g/mol. The predicted octanol–water partition coefficient (Wildman–Crippen LogP) is 5.47. The van der Waals surface area contributed by atoms with Gasteiger partial charge in [-0.05, 0) is 42.0 Å². The zero-order valence-corrected chi connectivity index (χ0v) is 14.1. The van der Waals surface area contributed by atoms with E-state index >= 15 is 0 Å². The van der Waals surface area contributed by atoms with Gasteiger partial charge in [-0.25, -0.2) is 4.39 Å². The van der Waals surface area contributed by atoms with Crippen LogP contribution in [0.25, 0.3) is 11.3 Å². The normalized spacial score (nSPS) is 12.2. The van der Waals surface area contributed by atoms with Gasteiger partial charge in [-0.1, -0.05) is 41.4 Å². The Balaban J connectivity index is 1.95. The van der Waals surface area contributed by atoms with Crippen molar-refractivity contribution in [2.45, 2.75) is 12.5 Å². The van der Waals surface area contributed by atoms with Crippen molar-refractivity contribution in [3.63, 3.8) is 0 Å². The molecule has 1 unspecified atom stereocenters. The number of hydrogen-bond donors (Lipinski definition) is 1. The molecule has 1 N–H and O–H groups in total. The van der Waals surface area contributed by atoms with Crippen molar-refractivity contribution in [3.8, 4) is 11.3 Å². The fraction of sp³-hybridized carbons (Fsp3) is 0.105. The lowest BCUT2D eigenvalue weighted by molar-refractivity contribution is 0.178. The van der Waals surface area contributed by atoms with E-state index < -0.39 is 6.10 Å². The topological polar surface area (TPSA) is 33.1 Å². The first-order valence-corrected chi connectivity index (χ1v) is 8.12. The first-order chi connectivity index (χ1) is 11.5. The maximum absolute atomic E-state index is 13.0. The Morgan fingerprint density at radius 3 is 2.33 bits per heavy atom. The second-order valence-corrected chi connectivity index (χ2v) is 6.32. The van der Waals surface area contributed by atoms with E-state index in [-0.39, 0.29) is 5.82 Å². The largest absolute Gasteiger partial charge is 0.388 e. The first-order valence-electron chi connectivity index (χ1n) is 7.37. The van der Waals surface area contributed by atoms with Crippen molar-refractivity contribution in [2.24, 2.45) is 0 Å². The van der Waals surface area contributed by atoms with E-state index in [9.17, 15) is 9.50 Å². The van der Waals surface area contributed by atoms with E-state index in [0.29, 0.717) is 27.7 Å². The molecule has 0 saturated heterocycles. The molecule has 24 heavy (non-hydrogen) atoms. The molecule has 1 heterocycles. The summed E-state index contributed by atoms with van der Waals surface area (Å²) in [6.07, 6.45) is 1.22. The molecule has 2 nitrogen and oxygen atoms in total. The average Bonchev–Trinajstić information content (AvgIpc) is 2.56. The third-order valence-electron chi connectivity index (χ3n) is 3.68. The summed E-state index contributed by atoms with van der Waals surface area (Å²) in [5, 5.41) is 11.6. The quantitative estimate of drug-likeness (QED) is 0.668. The average molecular weight is 362 g/mol. The van der Waals surface area contributed by atoms with Crippen LogP contribution in [-0.2, 0) is 6.42 Å². The lowest BCUT2D eigenvalue weighted by Gasteiger charge is -2.15. The number of hydrogen-bond acceptors (Lipinski definition) is 2. The van der Waals surface area contributed by atoms with E-state index in [1.807, 2.05) is 6.07 Å². The second-order valence-electron chi connectivity index (χ2n) is 5.45. The summed E-state index contributed by atoms with van der Waals surface area (Å²) in [6.45, 7) is 0. The lowest BCUT2D eigenvalue weighted by atomic mass is 9.97. The molecule has 3 rings (SSSR count). The lowest BCUT2D eigenvalue weighted by Crippen LogP contribution is -2.05. The fourth-order valence-electron chi connectivity index (χ4n) is 2.57. The number of halogens is 3. The summed E-state index contributed by atoms with van der Waals surface area (Å²) >= 11 is 12.1. The summed E-state index contributed by atoms with van der Waals surface area (Å²) < 4.78 is 13.0. The highest BCUT2D eigenvalue weighted by Gasteiger charge is 2.16. The molecular formula is C19H14Cl2FNO. The zero-order chi connectivity index (χ0) is 17.1. The van der Waals surface area contributed by atoms with Gasteiger partial charge in [0.2, 0.25) is 0 Å². The van der Waals surface area contributed by atoms with Gasteiger partial charge < -0.3 is 5.11 Å². The summed E-state index contributed by atoms with van der Waals surface area (Å²) in [6, 6.07) is 14.8. The minimum Gasteiger partial charge on any atom is -0.388 e. The van der Waals surface area contributed by atoms with E-state index in [1.165, 1.54) is 12.1 Å². The van der Waals surface area contributed by atoms with E-state index in [4.69, 9.17) is 23.2 Å². The molecule has 122 valence electrons. The molecule has 3 aromatic rings. The molecule has 0 aliphatic carbocycles. The van der Waals surface area contributed by atoms with Crippen LogP contribution >= 0.6 is 23.2 Å². The van der Waals surface area contributed by atoms with Crippen LogP contribution in [0, 0.1) is 5.82 Å². The van der Waals surface area contributed by atoms with Crippen molar-refractivity contribution in [2.75, 3.05) is 0 Å². The molecule has 0 spiro atoms. The Morgan fingerprint density at radius 2 is 1.67 bits per heavy atom. The highest BCUT2D eigenvalue weighted by molar-refractivity contribution is 6.35. The molecule has 0 bridgehead atoms. The molecule has 0 aliphatic heterocycles. The smallest absolute Gasteiger partial charge is 0.123 e. The van der Waals surface area contributed by atoms with Crippen molar-refractivity contribution >= 4 is 23.2 Å². The van der Waals surface area contributed by atoms with Gasteiger partial charge in [0.05, 0.1) is 11.8 Å². The Kier molecular flexibility index (Phi) is 5.14. The zero-order valence-electron chi connectivity index (χ0n) is 12.6. The van der Waals surface area contributed by atoms with Crippen molar-refractivity contribution < 1.29 is 9.50 Å². The van der Waals surface area contributed by atoms with E-state index in [1.54, 1.807) is 42.6 Å². The van der Waals surface area contributed by atoms with Crippen LogP contribution in [0.15, 0.2) is 60.8 Å². The number of nitrogens with zero attached hydrogens (tertiary/aromatic N) is 1. The Morgan fingerprint density at radius 1 is 1.00 bits per heavy atom. The predicted molar refractivity (Wildman–Crippen MR) is 94.8 cm³/mol. The van der Waals surface area contributed by atoms with Gasteiger partial charge in [0.1, 0.15) is 5.82 Å². The standard InChI is InChI=1S/C19H14Cl2FNO/c20-14-9-13(10-15(21)11-14)19-17(2-1-7-23-19)18(24)8-12-3-5-16(22)6-4-12/h1-7,9-11,18,24H,8H2. The van der Waals surface area contributed by atoms with Gasteiger partial charge >= 0.3 is 0 Å². The maximum atomic E-state index is 13.0. The molecule has 0 radical (unpaired) electrons. The monoisotopic (exact) mass is 361 g/mol. The molecule has 2 aromatic carbocycles. The van der Waals surface area contributed by atoms with Crippen LogP contribution in [-0.4, -0.2) is 10.1 Å². The number of aliphatic hydroxyl groups excluding tert-OH is 1. The van der Waals surface area contributed by atoms with Crippen LogP contribution < -0.4 is 0 Å². The van der Waals surface area contributed by atoms with Gasteiger partial charge in [0.25, 0.3) is 0 Å². The Bertz CT molecular complexity index is 832.